The fraction of sp³-hybridized carbons (Fsp3) is 0.714. The number of morpholine rings is 1. The summed E-state index contributed by atoms with van der Waals surface area (Å²) >= 11 is 1.81. The Morgan fingerprint density at radius 2 is 2.35 bits per heavy atom. The third-order valence-corrected chi connectivity index (χ3v) is 4.40. The van der Waals surface area contributed by atoms with Crippen LogP contribution in [-0.4, -0.2) is 18.7 Å². The predicted molar refractivity (Wildman–Crippen MR) is 73.6 cm³/mol. The van der Waals surface area contributed by atoms with Crippen molar-refractivity contribution in [1.82, 2.24) is 5.32 Å². The topological polar surface area (TPSA) is 21.3 Å². The second-order valence-corrected chi connectivity index (χ2v) is 6.70. The largest absolute Gasteiger partial charge is 0.364 e. The minimum atomic E-state index is -0.0203. The molecule has 2 atom stereocenters. The zero-order valence-corrected chi connectivity index (χ0v) is 12.1. The van der Waals surface area contributed by atoms with E-state index in [9.17, 15) is 0 Å². The van der Waals surface area contributed by atoms with E-state index >= 15 is 0 Å². The first kappa shape index (κ1) is 13.1. The summed E-state index contributed by atoms with van der Waals surface area (Å²) in [6.45, 7) is 10.8. The lowest BCUT2D eigenvalue weighted by Crippen LogP contribution is -2.49. The summed E-state index contributed by atoms with van der Waals surface area (Å²) in [5, 5.41) is 5.68. The highest BCUT2D eigenvalue weighted by atomic mass is 32.1. The molecule has 0 aliphatic carbocycles. The Labute approximate surface area is 108 Å². The Morgan fingerprint density at radius 1 is 1.59 bits per heavy atom. The molecule has 3 heteroatoms. The van der Waals surface area contributed by atoms with Gasteiger partial charge in [0.1, 0.15) is 6.10 Å². The van der Waals surface area contributed by atoms with E-state index in [-0.39, 0.29) is 11.7 Å². The van der Waals surface area contributed by atoms with Gasteiger partial charge in [-0.05, 0) is 43.2 Å². The van der Waals surface area contributed by atoms with Gasteiger partial charge in [0, 0.05) is 18.0 Å². The molecule has 2 rings (SSSR count). The van der Waals surface area contributed by atoms with E-state index in [1.807, 2.05) is 11.3 Å². The number of hydrogen-bond acceptors (Lipinski definition) is 3. The quantitative estimate of drug-likeness (QED) is 0.890. The maximum atomic E-state index is 6.36. The monoisotopic (exact) mass is 253 g/mol. The van der Waals surface area contributed by atoms with Gasteiger partial charge in [0.05, 0.1) is 5.60 Å². The number of nitrogens with one attached hydrogen (secondary N) is 1. The number of aryl methyl sites for hydroxylation is 1. The summed E-state index contributed by atoms with van der Waals surface area (Å²) in [4.78, 5) is 1.38. The first-order valence-corrected chi connectivity index (χ1v) is 7.31. The van der Waals surface area contributed by atoms with Crippen molar-refractivity contribution in [1.29, 1.82) is 0 Å². The summed E-state index contributed by atoms with van der Waals surface area (Å²) in [5.74, 6) is 0.671. The molecule has 2 nitrogen and oxygen atoms in total. The van der Waals surface area contributed by atoms with Crippen LogP contribution in [0.15, 0.2) is 11.4 Å². The zero-order valence-electron chi connectivity index (χ0n) is 11.2. The van der Waals surface area contributed by atoms with Gasteiger partial charge in [0.15, 0.2) is 0 Å². The molecule has 1 aromatic heterocycles. The van der Waals surface area contributed by atoms with E-state index < -0.39 is 0 Å². The predicted octanol–water partition coefficient (Wildman–Crippen LogP) is 3.52. The van der Waals surface area contributed by atoms with E-state index in [4.69, 9.17) is 4.74 Å². The summed E-state index contributed by atoms with van der Waals surface area (Å²) < 4.78 is 6.36. The minimum absolute atomic E-state index is 0.0203. The molecule has 0 amide bonds. The van der Waals surface area contributed by atoms with Gasteiger partial charge < -0.3 is 10.1 Å². The molecule has 1 aromatic rings. The first-order valence-electron chi connectivity index (χ1n) is 6.43. The highest BCUT2D eigenvalue weighted by molar-refractivity contribution is 7.10. The number of thiophene rings is 1. The Bertz CT molecular complexity index is 374. The number of hydrogen-bond donors (Lipinski definition) is 1. The third-order valence-electron chi connectivity index (χ3n) is 3.29. The van der Waals surface area contributed by atoms with Crippen LogP contribution in [0.5, 0.6) is 0 Å². The van der Waals surface area contributed by atoms with Gasteiger partial charge in [-0.3, -0.25) is 0 Å². The lowest BCUT2D eigenvalue weighted by molar-refractivity contribution is -0.115. The Hall–Kier alpha value is -0.380. The van der Waals surface area contributed by atoms with Gasteiger partial charge in [0.25, 0.3) is 0 Å². The van der Waals surface area contributed by atoms with Gasteiger partial charge in [-0.15, -0.1) is 11.3 Å². The van der Waals surface area contributed by atoms with Crippen LogP contribution in [0.3, 0.4) is 0 Å². The molecule has 1 aliphatic heterocycles. The smallest absolute Gasteiger partial charge is 0.105 e. The van der Waals surface area contributed by atoms with Crippen molar-refractivity contribution in [3.8, 4) is 0 Å². The van der Waals surface area contributed by atoms with E-state index in [1.165, 1.54) is 10.4 Å². The second-order valence-electron chi connectivity index (χ2n) is 5.75. The molecule has 1 aliphatic rings. The van der Waals surface area contributed by atoms with Crippen molar-refractivity contribution >= 4 is 11.3 Å². The maximum absolute atomic E-state index is 6.36. The average molecular weight is 253 g/mol. The Kier molecular flexibility index (Phi) is 3.91. The summed E-state index contributed by atoms with van der Waals surface area (Å²) in [7, 11) is 0. The standard InChI is InChI=1S/C14H23NOS/c1-10(2)7-14(4)9-15-8-12(16-14)13-11(3)5-6-17-13/h5-6,10,12,15H,7-9H2,1-4H3. The van der Waals surface area contributed by atoms with E-state index in [2.05, 4.69) is 44.5 Å². The van der Waals surface area contributed by atoms with Crippen molar-refractivity contribution in [2.45, 2.75) is 45.8 Å². The lowest BCUT2D eigenvalue weighted by atomic mass is 9.92. The highest BCUT2D eigenvalue weighted by Gasteiger charge is 2.34. The highest BCUT2D eigenvalue weighted by Crippen LogP contribution is 2.34. The van der Waals surface area contributed by atoms with E-state index in [0.717, 1.165) is 19.5 Å². The van der Waals surface area contributed by atoms with Gasteiger partial charge >= 0.3 is 0 Å². The van der Waals surface area contributed by atoms with Crippen LogP contribution in [0.2, 0.25) is 0 Å². The summed E-state index contributed by atoms with van der Waals surface area (Å²) in [6, 6.07) is 2.18. The van der Waals surface area contributed by atoms with Crippen LogP contribution >= 0.6 is 11.3 Å². The van der Waals surface area contributed by atoms with Gasteiger partial charge in [-0.2, -0.15) is 0 Å². The van der Waals surface area contributed by atoms with Crippen LogP contribution in [0.1, 0.15) is 43.7 Å². The third kappa shape index (κ3) is 3.09. The molecule has 0 bridgehead atoms. The van der Waals surface area contributed by atoms with Crippen LogP contribution in [0.4, 0.5) is 0 Å². The minimum Gasteiger partial charge on any atom is -0.364 e. The van der Waals surface area contributed by atoms with Crippen molar-refractivity contribution in [3.63, 3.8) is 0 Å². The molecule has 2 heterocycles. The van der Waals surface area contributed by atoms with Gasteiger partial charge in [-0.1, -0.05) is 13.8 Å². The van der Waals surface area contributed by atoms with Gasteiger partial charge in [0.2, 0.25) is 0 Å². The molecule has 0 aromatic carbocycles. The second kappa shape index (κ2) is 5.09. The number of ether oxygens (including phenoxy) is 1. The molecule has 0 radical (unpaired) electrons. The fourth-order valence-electron chi connectivity index (χ4n) is 2.74. The van der Waals surface area contributed by atoms with Crippen molar-refractivity contribution in [2.24, 2.45) is 5.92 Å². The Morgan fingerprint density at radius 3 is 2.94 bits per heavy atom. The molecule has 0 saturated carbocycles. The maximum Gasteiger partial charge on any atom is 0.105 e. The molecule has 2 unspecified atom stereocenters. The molecule has 1 N–H and O–H groups in total. The average Bonchev–Trinajstić information content (AvgIpc) is 2.62. The number of rotatable bonds is 3. The fourth-order valence-corrected chi connectivity index (χ4v) is 3.69. The van der Waals surface area contributed by atoms with E-state index in [0.29, 0.717) is 5.92 Å². The van der Waals surface area contributed by atoms with Crippen LogP contribution in [-0.2, 0) is 4.74 Å². The van der Waals surface area contributed by atoms with Crippen LogP contribution in [0.25, 0.3) is 0 Å². The molecule has 1 saturated heterocycles. The zero-order chi connectivity index (χ0) is 12.5. The van der Waals surface area contributed by atoms with Crippen LogP contribution < -0.4 is 5.32 Å². The van der Waals surface area contributed by atoms with Crippen molar-refractivity contribution in [3.05, 3.63) is 21.9 Å². The summed E-state index contributed by atoms with van der Waals surface area (Å²) in [5.41, 5.74) is 1.34. The molecule has 1 fully saturated rings. The van der Waals surface area contributed by atoms with E-state index in [1.54, 1.807) is 0 Å². The molecular weight excluding hydrogens is 230 g/mol. The first-order chi connectivity index (χ1) is 8.00. The van der Waals surface area contributed by atoms with Crippen molar-refractivity contribution < 1.29 is 4.74 Å². The normalized spacial score (nSPS) is 29.8. The lowest BCUT2D eigenvalue weighted by Gasteiger charge is -2.40. The Balaban J connectivity index is 2.09. The molecule has 0 spiro atoms. The SMILES string of the molecule is Cc1ccsc1C1CNCC(C)(CC(C)C)O1. The molecular formula is C14H23NOS. The van der Waals surface area contributed by atoms with Gasteiger partial charge in [-0.25, -0.2) is 0 Å². The van der Waals surface area contributed by atoms with Crippen LogP contribution in [0, 0.1) is 12.8 Å². The molecule has 96 valence electrons. The summed E-state index contributed by atoms with van der Waals surface area (Å²) in [6.07, 6.45) is 1.34. The molecule has 17 heavy (non-hydrogen) atoms. The van der Waals surface area contributed by atoms with Crippen molar-refractivity contribution in [2.75, 3.05) is 13.1 Å².